The Hall–Kier alpha value is -1.47. The highest BCUT2D eigenvalue weighted by molar-refractivity contribution is 7.24. The molecule has 3 heterocycles. The highest BCUT2D eigenvalue weighted by Gasteiger charge is 2.15. The smallest absolute Gasteiger partial charge is 0.235 e. The van der Waals surface area contributed by atoms with E-state index < -0.39 is 0 Å². The molecule has 0 atom stereocenters. The van der Waals surface area contributed by atoms with Crippen LogP contribution in [-0.4, -0.2) is 19.8 Å². The first-order valence-electron chi connectivity index (χ1n) is 5.25. The fraction of sp³-hybridized carbons (Fsp3) is 0.300. The molecule has 0 aliphatic carbocycles. The van der Waals surface area contributed by atoms with Gasteiger partial charge in [0.2, 0.25) is 4.96 Å². The number of nitrogens with two attached hydrogens (primary N) is 1. The van der Waals surface area contributed by atoms with E-state index >= 15 is 0 Å². The maximum absolute atomic E-state index is 6.03. The third-order valence-electron chi connectivity index (χ3n) is 2.59. The minimum Gasteiger partial charge on any atom is -0.397 e. The van der Waals surface area contributed by atoms with Crippen LogP contribution in [0.5, 0.6) is 0 Å². The fourth-order valence-corrected chi connectivity index (χ4v) is 3.52. The maximum atomic E-state index is 6.03. The van der Waals surface area contributed by atoms with Crippen molar-refractivity contribution in [1.82, 2.24) is 19.8 Å². The highest BCUT2D eigenvalue weighted by Crippen LogP contribution is 2.36. The summed E-state index contributed by atoms with van der Waals surface area (Å²) in [4.78, 5) is 1.85. The molecule has 0 saturated heterocycles. The number of anilines is 1. The molecule has 0 bridgehead atoms. The first kappa shape index (κ1) is 10.7. The molecule has 0 aliphatic rings. The fourth-order valence-electron chi connectivity index (χ4n) is 1.59. The standard InChI is InChI=1S/C10H11N5S2/c1-3-6-12-13-10-15(6)14-9(17-10)8-7(11)5(2)4-16-8/h4H,3,11H2,1-2H3. The van der Waals surface area contributed by atoms with Crippen molar-refractivity contribution in [2.24, 2.45) is 0 Å². The lowest BCUT2D eigenvalue weighted by molar-refractivity contribution is 0.838. The van der Waals surface area contributed by atoms with Gasteiger partial charge >= 0.3 is 0 Å². The SMILES string of the molecule is CCc1nnc2sc(-c3scc(C)c3N)nn12. The Morgan fingerprint density at radius 2 is 2.24 bits per heavy atom. The van der Waals surface area contributed by atoms with Gasteiger partial charge in [-0.15, -0.1) is 21.5 Å². The van der Waals surface area contributed by atoms with Crippen LogP contribution >= 0.6 is 22.7 Å². The molecule has 0 amide bonds. The Labute approximate surface area is 106 Å². The third kappa shape index (κ3) is 1.54. The van der Waals surface area contributed by atoms with Crippen LogP contribution in [0, 0.1) is 6.92 Å². The van der Waals surface area contributed by atoms with Crippen LogP contribution in [0.2, 0.25) is 0 Å². The number of nitrogens with zero attached hydrogens (tertiary/aromatic N) is 4. The Kier molecular flexibility index (Phi) is 2.37. The normalized spacial score (nSPS) is 11.4. The first-order valence-corrected chi connectivity index (χ1v) is 6.95. The zero-order valence-electron chi connectivity index (χ0n) is 9.47. The van der Waals surface area contributed by atoms with Crippen LogP contribution in [0.3, 0.4) is 0 Å². The second kappa shape index (κ2) is 3.78. The summed E-state index contributed by atoms with van der Waals surface area (Å²) in [6.45, 7) is 4.05. The number of hydrogen-bond donors (Lipinski definition) is 1. The summed E-state index contributed by atoms with van der Waals surface area (Å²) in [6.07, 6.45) is 0.823. The van der Waals surface area contributed by atoms with Crippen LogP contribution < -0.4 is 5.73 Å². The van der Waals surface area contributed by atoms with Gasteiger partial charge in [0, 0.05) is 6.42 Å². The molecular weight excluding hydrogens is 254 g/mol. The van der Waals surface area contributed by atoms with Crippen LogP contribution in [0.25, 0.3) is 14.8 Å². The van der Waals surface area contributed by atoms with Crippen molar-refractivity contribution in [3.63, 3.8) is 0 Å². The van der Waals surface area contributed by atoms with Crippen molar-refractivity contribution < 1.29 is 0 Å². The molecule has 2 N–H and O–H groups in total. The quantitative estimate of drug-likeness (QED) is 0.772. The topological polar surface area (TPSA) is 69.1 Å². The monoisotopic (exact) mass is 265 g/mol. The Morgan fingerprint density at radius 3 is 2.88 bits per heavy atom. The molecule has 17 heavy (non-hydrogen) atoms. The van der Waals surface area contributed by atoms with Gasteiger partial charge in [0.25, 0.3) is 0 Å². The lowest BCUT2D eigenvalue weighted by atomic mass is 10.3. The van der Waals surface area contributed by atoms with E-state index in [9.17, 15) is 0 Å². The van der Waals surface area contributed by atoms with Crippen LogP contribution in [0.15, 0.2) is 5.38 Å². The molecule has 0 aliphatic heterocycles. The van der Waals surface area contributed by atoms with Crippen LogP contribution in [-0.2, 0) is 6.42 Å². The second-order valence-corrected chi connectivity index (χ2v) is 5.57. The number of hydrogen-bond acceptors (Lipinski definition) is 6. The molecule has 5 nitrogen and oxygen atoms in total. The van der Waals surface area contributed by atoms with Crippen molar-refractivity contribution in [2.75, 3.05) is 5.73 Å². The van der Waals surface area contributed by atoms with Crippen molar-refractivity contribution in [2.45, 2.75) is 20.3 Å². The lowest BCUT2D eigenvalue weighted by Crippen LogP contribution is -1.93. The average molecular weight is 265 g/mol. The minimum atomic E-state index is 0.818. The van der Waals surface area contributed by atoms with Gasteiger partial charge in [-0.3, -0.25) is 0 Å². The molecule has 3 rings (SSSR count). The number of fused-ring (bicyclic) bond motifs is 1. The second-order valence-electron chi connectivity index (χ2n) is 3.73. The largest absolute Gasteiger partial charge is 0.397 e. The van der Waals surface area contributed by atoms with Gasteiger partial charge in [0.05, 0.1) is 10.6 Å². The van der Waals surface area contributed by atoms with Gasteiger partial charge in [0.1, 0.15) is 0 Å². The zero-order chi connectivity index (χ0) is 12.0. The molecule has 0 spiro atoms. The van der Waals surface area contributed by atoms with Gasteiger partial charge in [-0.1, -0.05) is 18.3 Å². The van der Waals surface area contributed by atoms with E-state index in [-0.39, 0.29) is 0 Å². The van der Waals surface area contributed by atoms with Gasteiger partial charge < -0.3 is 5.73 Å². The molecule has 0 radical (unpaired) electrons. The predicted octanol–water partition coefficient (Wildman–Crippen LogP) is 2.37. The van der Waals surface area contributed by atoms with E-state index in [0.717, 1.165) is 38.3 Å². The van der Waals surface area contributed by atoms with E-state index in [1.807, 2.05) is 19.2 Å². The molecule has 0 aromatic carbocycles. The van der Waals surface area contributed by atoms with Gasteiger partial charge in [-0.2, -0.15) is 9.61 Å². The molecule has 7 heteroatoms. The van der Waals surface area contributed by atoms with Crippen molar-refractivity contribution in [3.8, 4) is 9.88 Å². The van der Waals surface area contributed by atoms with E-state index in [0.29, 0.717) is 0 Å². The predicted molar refractivity (Wildman–Crippen MR) is 70.5 cm³/mol. The van der Waals surface area contributed by atoms with Gasteiger partial charge in [-0.25, -0.2) is 0 Å². The molecule has 3 aromatic rings. The summed E-state index contributed by atoms with van der Waals surface area (Å²) in [5.74, 6) is 0.884. The lowest BCUT2D eigenvalue weighted by Gasteiger charge is -1.93. The van der Waals surface area contributed by atoms with E-state index in [1.165, 1.54) is 11.3 Å². The van der Waals surface area contributed by atoms with Crippen molar-refractivity contribution >= 4 is 33.3 Å². The molecular formula is C10H11N5S2. The number of aromatic nitrogens is 4. The molecule has 3 aromatic heterocycles. The Morgan fingerprint density at radius 1 is 1.41 bits per heavy atom. The summed E-state index contributed by atoms with van der Waals surface area (Å²) in [7, 11) is 0. The molecule has 88 valence electrons. The third-order valence-corrected chi connectivity index (χ3v) is 4.75. The Bertz CT molecular complexity index is 678. The van der Waals surface area contributed by atoms with Crippen LogP contribution in [0.1, 0.15) is 18.3 Å². The summed E-state index contributed by atoms with van der Waals surface area (Å²) in [6, 6.07) is 0. The van der Waals surface area contributed by atoms with Crippen LogP contribution in [0.4, 0.5) is 5.69 Å². The van der Waals surface area contributed by atoms with E-state index in [4.69, 9.17) is 5.73 Å². The van der Waals surface area contributed by atoms with Gasteiger partial charge in [0.15, 0.2) is 10.8 Å². The summed E-state index contributed by atoms with van der Waals surface area (Å²) in [5, 5.41) is 15.7. The first-order chi connectivity index (χ1) is 8.20. The Balaban J connectivity index is 2.18. The number of rotatable bonds is 2. The summed E-state index contributed by atoms with van der Waals surface area (Å²) in [5.41, 5.74) is 7.95. The minimum absolute atomic E-state index is 0.818. The molecule has 0 fully saturated rings. The van der Waals surface area contributed by atoms with E-state index in [2.05, 4.69) is 15.3 Å². The van der Waals surface area contributed by atoms with Crippen molar-refractivity contribution in [3.05, 3.63) is 16.8 Å². The molecule has 0 unspecified atom stereocenters. The highest BCUT2D eigenvalue weighted by atomic mass is 32.1. The zero-order valence-corrected chi connectivity index (χ0v) is 11.1. The number of aryl methyl sites for hydroxylation is 2. The summed E-state index contributed by atoms with van der Waals surface area (Å²) >= 11 is 3.15. The van der Waals surface area contributed by atoms with Gasteiger partial charge in [-0.05, 0) is 17.9 Å². The summed E-state index contributed by atoms with van der Waals surface area (Å²) < 4.78 is 1.80. The van der Waals surface area contributed by atoms with Crippen molar-refractivity contribution in [1.29, 1.82) is 0 Å². The average Bonchev–Trinajstić information content (AvgIpc) is 2.95. The number of thiophene rings is 1. The number of nitrogen functional groups attached to an aromatic ring is 1. The molecule has 0 saturated carbocycles. The maximum Gasteiger partial charge on any atom is 0.235 e. The van der Waals surface area contributed by atoms with E-state index in [1.54, 1.807) is 15.9 Å².